The number of nitro groups is 3. The van der Waals surface area contributed by atoms with Crippen LogP contribution in [0.2, 0.25) is 0 Å². The fourth-order valence-electron chi connectivity index (χ4n) is 3.86. The van der Waals surface area contributed by atoms with E-state index in [1.807, 2.05) is 12.1 Å². The van der Waals surface area contributed by atoms with E-state index >= 15 is 0 Å². The minimum Gasteiger partial charge on any atom is -0.312 e. The van der Waals surface area contributed by atoms with Crippen LogP contribution in [-0.2, 0) is 17.1 Å². The molecule has 1 aliphatic rings. The molecule has 182 valence electrons. The number of nitrogens with zero attached hydrogens (tertiary/aromatic N) is 3. The van der Waals surface area contributed by atoms with Crippen molar-refractivity contribution >= 4 is 35.0 Å². The molecule has 11 heteroatoms. The van der Waals surface area contributed by atoms with Crippen molar-refractivity contribution in [2.75, 3.05) is 0 Å². The fraction of sp³-hybridized carbons (Fsp3) is 0. The molecule has 0 radical (unpaired) electrons. The first kappa shape index (κ1) is 25.9. The number of fused-ring (bicyclic) bond motifs is 3. The number of carbonyl (C=O) groups is 1. The number of nitro benzene ring substituents is 3. The van der Waals surface area contributed by atoms with Gasteiger partial charge in [-0.05, 0) is 22.8 Å². The SMILES string of the molecule is O=C[c-]1cccc1.O=[N+]([O-])c1ccc2c(c1)C(=C[c-]1cccc1)c1cc([N+](=O)[O-])cc([N+](=O)[O-])c1-2.[Fe]. The summed E-state index contributed by atoms with van der Waals surface area (Å²) in [5.41, 5.74) is 2.37. The molecule has 0 saturated carbocycles. The van der Waals surface area contributed by atoms with E-state index in [2.05, 4.69) is 0 Å². The van der Waals surface area contributed by atoms with E-state index in [0.29, 0.717) is 22.3 Å². The summed E-state index contributed by atoms with van der Waals surface area (Å²) in [7, 11) is 0. The van der Waals surface area contributed by atoms with Crippen LogP contribution < -0.4 is 0 Å². The van der Waals surface area contributed by atoms with Gasteiger partial charge in [0.15, 0.2) is 0 Å². The Hall–Kier alpha value is -4.73. The van der Waals surface area contributed by atoms with Gasteiger partial charge in [0, 0.05) is 35.3 Å². The summed E-state index contributed by atoms with van der Waals surface area (Å²) in [4.78, 5) is 42.0. The van der Waals surface area contributed by atoms with E-state index in [4.69, 9.17) is 0 Å². The monoisotopic (exact) mass is 525 g/mol. The molecule has 0 N–H and O–H groups in total. The molecule has 4 aromatic carbocycles. The van der Waals surface area contributed by atoms with E-state index in [-0.39, 0.29) is 28.3 Å². The zero-order valence-corrected chi connectivity index (χ0v) is 19.3. The maximum Gasteiger partial charge on any atom is 0.283 e. The molecule has 0 saturated heterocycles. The first-order valence-electron chi connectivity index (χ1n) is 10.2. The molecule has 0 aromatic heterocycles. The third-order valence-electron chi connectivity index (χ3n) is 5.40. The average Bonchev–Trinajstić information content (AvgIpc) is 3.60. The summed E-state index contributed by atoms with van der Waals surface area (Å²) in [6.45, 7) is 0. The Balaban J connectivity index is 0.000000391. The van der Waals surface area contributed by atoms with Crippen LogP contribution in [0.15, 0.2) is 78.9 Å². The Labute approximate surface area is 214 Å². The summed E-state index contributed by atoms with van der Waals surface area (Å²) in [6.07, 6.45) is 2.54. The van der Waals surface area contributed by atoms with Crippen LogP contribution in [0.4, 0.5) is 17.1 Å². The number of rotatable bonds is 5. The zero-order chi connectivity index (χ0) is 25.1. The van der Waals surface area contributed by atoms with Crippen LogP contribution in [0.5, 0.6) is 0 Å². The standard InChI is InChI=1S/C19H10N3O6.C6H5O.Fe/c23-20(24)12-5-6-14-16(8-12)15(7-11-3-1-2-4-11)17-9-13(21(25)26)10-18(19(14)17)22(27)28;7-5-6-3-1-2-4-6;/h1-10H;1-5H;/q2*-1;. The Kier molecular flexibility index (Phi) is 7.68. The van der Waals surface area contributed by atoms with Crippen molar-refractivity contribution in [2.24, 2.45) is 0 Å². The quantitative estimate of drug-likeness (QED) is 0.0911. The van der Waals surface area contributed by atoms with E-state index in [9.17, 15) is 35.1 Å². The maximum absolute atomic E-state index is 11.6. The van der Waals surface area contributed by atoms with E-state index < -0.39 is 26.1 Å². The Morgan fingerprint density at radius 3 is 1.72 bits per heavy atom. The second-order valence-corrected chi connectivity index (χ2v) is 7.50. The van der Waals surface area contributed by atoms with Gasteiger partial charge in [0.1, 0.15) is 0 Å². The Morgan fingerprint density at radius 2 is 1.22 bits per heavy atom. The van der Waals surface area contributed by atoms with E-state index in [1.54, 1.807) is 42.5 Å². The van der Waals surface area contributed by atoms with Gasteiger partial charge in [-0.2, -0.15) is 24.3 Å². The molecule has 10 nitrogen and oxygen atoms in total. The molecule has 0 unspecified atom stereocenters. The second kappa shape index (κ2) is 10.7. The molecule has 36 heavy (non-hydrogen) atoms. The predicted octanol–water partition coefficient (Wildman–Crippen LogP) is 5.91. The van der Waals surface area contributed by atoms with Gasteiger partial charge in [-0.25, -0.2) is 12.1 Å². The number of hydrogen-bond acceptors (Lipinski definition) is 7. The molecule has 1 aliphatic carbocycles. The molecule has 5 rings (SSSR count). The first-order valence-corrected chi connectivity index (χ1v) is 10.2. The number of non-ortho nitro benzene ring substituents is 2. The summed E-state index contributed by atoms with van der Waals surface area (Å²) < 4.78 is 0. The fourth-order valence-corrected chi connectivity index (χ4v) is 3.86. The van der Waals surface area contributed by atoms with Crippen molar-refractivity contribution in [1.82, 2.24) is 0 Å². The Bertz CT molecular complexity index is 1490. The number of carbonyl (C=O) groups excluding carboxylic acids is 1. The van der Waals surface area contributed by atoms with Gasteiger partial charge < -0.3 is 4.79 Å². The summed E-state index contributed by atoms with van der Waals surface area (Å²) >= 11 is 0. The van der Waals surface area contributed by atoms with E-state index in [0.717, 1.165) is 23.5 Å². The number of benzene rings is 2. The molecule has 0 atom stereocenters. The minimum absolute atomic E-state index is 0. The van der Waals surface area contributed by atoms with Gasteiger partial charge >= 0.3 is 0 Å². The number of hydrogen-bond donors (Lipinski definition) is 0. The molecule has 0 aliphatic heterocycles. The molecule has 0 heterocycles. The van der Waals surface area contributed by atoms with Crippen LogP contribution >= 0.6 is 0 Å². The molecule has 0 spiro atoms. The van der Waals surface area contributed by atoms with Gasteiger partial charge in [0.05, 0.1) is 32.7 Å². The van der Waals surface area contributed by atoms with Crippen molar-refractivity contribution in [1.29, 1.82) is 0 Å². The summed E-state index contributed by atoms with van der Waals surface area (Å²) in [5, 5.41) is 34.1. The van der Waals surface area contributed by atoms with Crippen LogP contribution in [0.25, 0.3) is 22.8 Å². The van der Waals surface area contributed by atoms with Crippen molar-refractivity contribution in [3.05, 3.63) is 131 Å². The first-order chi connectivity index (χ1) is 16.8. The topological polar surface area (TPSA) is 146 Å². The summed E-state index contributed by atoms with van der Waals surface area (Å²) in [5.74, 6) is 0. The molecule has 0 bridgehead atoms. The average molecular weight is 525 g/mol. The van der Waals surface area contributed by atoms with Crippen molar-refractivity contribution < 1.29 is 36.6 Å². The van der Waals surface area contributed by atoms with Gasteiger partial charge in [-0.1, -0.05) is 11.1 Å². The molecular formula is C25H15FeN3O7-2. The van der Waals surface area contributed by atoms with Gasteiger partial charge in [-0.3, -0.25) is 30.3 Å². The van der Waals surface area contributed by atoms with Gasteiger partial charge in [0.2, 0.25) is 0 Å². The zero-order valence-electron chi connectivity index (χ0n) is 18.2. The van der Waals surface area contributed by atoms with Crippen LogP contribution in [0, 0.1) is 30.3 Å². The minimum atomic E-state index is -0.696. The molecular weight excluding hydrogens is 510 g/mol. The van der Waals surface area contributed by atoms with Crippen molar-refractivity contribution in [3.8, 4) is 11.1 Å². The summed E-state index contributed by atoms with van der Waals surface area (Å²) in [6, 6.07) is 20.6. The van der Waals surface area contributed by atoms with Crippen molar-refractivity contribution in [3.63, 3.8) is 0 Å². The predicted molar refractivity (Wildman–Crippen MR) is 128 cm³/mol. The Morgan fingerprint density at radius 1 is 0.667 bits per heavy atom. The largest absolute Gasteiger partial charge is 0.312 e. The maximum atomic E-state index is 11.6. The smallest absolute Gasteiger partial charge is 0.283 e. The van der Waals surface area contributed by atoms with Crippen LogP contribution in [0.1, 0.15) is 27.0 Å². The normalized spacial score (nSPS) is 11.9. The van der Waals surface area contributed by atoms with Gasteiger partial charge in [0.25, 0.3) is 17.1 Å². The number of aldehydes is 1. The molecule has 0 fully saturated rings. The molecule has 4 aromatic rings. The third kappa shape index (κ3) is 5.02. The van der Waals surface area contributed by atoms with Crippen LogP contribution in [-0.4, -0.2) is 21.1 Å². The second-order valence-electron chi connectivity index (χ2n) is 7.50. The van der Waals surface area contributed by atoms with E-state index in [1.165, 1.54) is 24.3 Å². The van der Waals surface area contributed by atoms with Crippen LogP contribution in [0.3, 0.4) is 0 Å². The van der Waals surface area contributed by atoms with Crippen molar-refractivity contribution in [2.45, 2.75) is 0 Å². The van der Waals surface area contributed by atoms with Gasteiger partial charge in [-0.15, -0.1) is 23.8 Å². The third-order valence-corrected chi connectivity index (χ3v) is 5.40. The molecule has 0 amide bonds.